The van der Waals surface area contributed by atoms with Gasteiger partial charge in [-0.2, -0.15) is 0 Å². The van der Waals surface area contributed by atoms with Crippen molar-refractivity contribution in [1.29, 1.82) is 0 Å². The predicted octanol–water partition coefficient (Wildman–Crippen LogP) is 3.92. The quantitative estimate of drug-likeness (QED) is 0.886. The van der Waals surface area contributed by atoms with Crippen LogP contribution in [-0.2, 0) is 0 Å². The van der Waals surface area contributed by atoms with Gasteiger partial charge in [0.25, 0.3) is 0 Å². The van der Waals surface area contributed by atoms with Crippen LogP contribution in [0.5, 0.6) is 0 Å². The van der Waals surface area contributed by atoms with E-state index in [1.807, 2.05) is 12.1 Å². The maximum Gasteiger partial charge on any atom is 0.132 e. The van der Waals surface area contributed by atoms with Crippen molar-refractivity contribution < 1.29 is 13.9 Å². The van der Waals surface area contributed by atoms with Crippen LogP contribution in [0.1, 0.15) is 41.6 Å². The third kappa shape index (κ3) is 2.51. The van der Waals surface area contributed by atoms with Gasteiger partial charge in [-0.05, 0) is 36.0 Å². The van der Waals surface area contributed by atoms with Gasteiger partial charge in [-0.1, -0.05) is 30.3 Å². The number of aliphatic hydroxyl groups excluding tert-OH is 1. The van der Waals surface area contributed by atoms with E-state index in [2.05, 4.69) is 0 Å². The Kier molecular flexibility index (Phi) is 3.07. The normalized spacial score (nSPS) is 16.4. The molecule has 3 heteroatoms. The Morgan fingerprint density at radius 1 is 1.00 bits per heavy atom. The van der Waals surface area contributed by atoms with Gasteiger partial charge in [-0.3, -0.25) is 0 Å². The number of aliphatic hydroxyl groups is 1. The first kappa shape index (κ1) is 12.3. The molecule has 1 atom stereocenters. The molecule has 0 bridgehead atoms. The van der Waals surface area contributed by atoms with Gasteiger partial charge in [-0.25, -0.2) is 8.78 Å². The molecule has 1 unspecified atom stereocenters. The van der Waals surface area contributed by atoms with Gasteiger partial charge < -0.3 is 5.11 Å². The van der Waals surface area contributed by atoms with E-state index in [1.165, 1.54) is 24.5 Å². The molecule has 0 amide bonds. The third-order valence-electron chi connectivity index (χ3n) is 3.56. The van der Waals surface area contributed by atoms with Crippen LogP contribution >= 0.6 is 0 Å². The summed E-state index contributed by atoms with van der Waals surface area (Å²) in [6.07, 6.45) is 1.37. The van der Waals surface area contributed by atoms with Gasteiger partial charge in [0.1, 0.15) is 17.7 Å². The van der Waals surface area contributed by atoms with Crippen molar-refractivity contribution in [3.63, 3.8) is 0 Å². The topological polar surface area (TPSA) is 20.2 Å². The molecule has 0 aromatic heterocycles. The van der Waals surface area contributed by atoms with Crippen molar-refractivity contribution in [1.82, 2.24) is 0 Å². The second kappa shape index (κ2) is 4.74. The van der Waals surface area contributed by atoms with Crippen LogP contribution in [0.4, 0.5) is 8.78 Å². The first-order chi connectivity index (χ1) is 9.15. The highest BCUT2D eigenvalue weighted by molar-refractivity contribution is 5.34. The van der Waals surface area contributed by atoms with Gasteiger partial charge in [0.15, 0.2) is 0 Å². The van der Waals surface area contributed by atoms with Crippen LogP contribution in [-0.4, -0.2) is 5.11 Å². The van der Waals surface area contributed by atoms with Gasteiger partial charge in [0.05, 0.1) is 0 Å². The first-order valence-electron chi connectivity index (χ1n) is 6.38. The van der Waals surface area contributed by atoms with E-state index in [1.54, 1.807) is 12.1 Å². The van der Waals surface area contributed by atoms with E-state index in [0.717, 1.165) is 12.1 Å². The lowest BCUT2D eigenvalue weighted by molar-refractivity contribution is 0.214. The average molecular weight is 260 g/mol. The number of hydrogen-bond donors (Lipinski definition) is 1. The highest BCUT2D eigenvalue weighted by Gasteiger charge is 2.23. The summed E-state index contributed by atoms with van der Waals surface area (Å²) < 4.78 is 26.4. The summed E-state index contributed by atoms with van der Waals surface area (Å²) in [5.74, 6) is -0.718. The van der Waals surface area contributed by atoms with E-state index in [9.17, 15) is 13.9 Å². The Labute approximate surface area is 110 Å². The Morgan fingerprint density at radius 3 is 2.26 bits per heavy atom. The summed E-state index contributed by atoms with van der Waals surface area (Å²) in [4.78, 5) is 0. The van der Waals surface area contributed by atoms with Gasteiger partial charge in [-0.15, -0.1) is 0 Å². The minimum atomic E-state index is -1.06. The zero-order valence-electron chi connectivity index (χ0n) is 10.3. The van der Waals surface area contributed by atoms with E-state index < -0.39 is 17.7 Å². The Balaban J connectivity index is 1.87. The lowest BCUT2D eigenvalue weighted by atomic mass is 9.99. The molecule has 1 N–H and O–H groups in total. The SMILES string of the molecule is OC(c1ccc(C2CC2)cc1)c1ccc(F)cc1F. The molecule has 2 aromatic carbocycles. The maximum absolute atomic E-state index is 13.6. The van der Waals surface area contributed by atoms with Crippen LogP contribution < -0.4 is 0 Å². The first-order valence-corrected chi connectivity index (χ1v) is 6.38. The molecule has 1 aliphatic rings. The molecular weight excluding hydrogens is 246 g/mol. The zero-order chi connectivity index (χ0) is 13.4. The summed E-state index contributed by atoms with van der Waals surface area (Å²) in [6.45, 7) is 0. The van der Waals surface area contributed by atoms with Crippen molar-refractivity contribution in [3.05, 3.63) is 70.8 Å². The third-order valence-corrected chi connectivity index (χ3v) is 3.56. The molecule has 1 fully saturated rings. The smallest absolute Gasteiger partial charge is 0.132 e. The van der Waals surface area contributed by atoms with Gasteiger partial charge >= 0.3 is 0 Å². The summed E-state index contributed by atoms with van der Waals surface area (Å²) in [7, 11) is 0. The molecule has 1 aliphatic carbocycles. The van der Waals surface area contributed by atoms with Crippen molar-refractivity contribution in [3.8, 4) is 0 Å². The van der Waals surface area contributed by atoms with Crippen LogP contribution in [0.25, 0.3) is 0 Å². The van der Waals surface area contributed by atoms with Crippen molar-refractivity contribution in [2.45, 2.75) is 24.9 Å². The zero-order valence-corrected chi connectivity index (χ0v) is 10.3. The van der Waals surface area contributed by atoms with E-state index in [4.69, 9.17) is 0 Å². The molecule has 0 spiro atoms. The standard InChI is InChI=1S/C16H14F2O/c17-13-7-8-14(15(18)9-13)16(19)12-5-3-11(4-6-12)10-1-2-10/h3-10,16,19H,1-2H2. The Hall–Kier alpha value is -1.74. The number of rotatable bonds is 3. The van der Waals surface area contributed by atoms with Crippen LogP contribution in [0.15, 0.2) is 42.5 Å². The molecule has 0 radical (unpaired) electrons. The van der Waals surface area contributed by atoms with Crippen LogP contribution in [0.3, 0.4) is 0 Å². The van der Waals surface area contributed by atoms with Gasteiger partial charge in [0, 0.05) is 11.6 Å². The number of hydrogen-bond acceptors (Lipinski definition) is 1. The molecule has 19 heavy (non-hydrogen) atoms. The molecule has 0 heterocycles. The molecular formula is C16H14F2O. The molecule has 3 rings (SSSR count). The van der Waals surface area contributed by atoms with Gasteiger partial charge in [0.2, 0.25) is 0 Å². The van der Waals surface area contributed by atoms with Crippen molar-refractivity contribution in [2.75, 3.05) is 0 Å². The fourth-order valence-corrected chi connectivity index (χ4v) is 2.27. The van der Waals surface area contributed by atoms with Crippen molar-refractivity contribution in [2.24, 2.45) is 0 Å². The molecule has 1 nitrogen and oxygen atoms in total. The average Bonchev–Trinajstić information content (AvgIpc) is 3.22. The lowest BCUT2D eigenvalue weighted by Gasteiger charge is -2.13. The van der Waals surface area contributed by atoms with Crippen molar-refractivity contribution >= 4 is 0 Å². The van der Waals surface area contributed by atoms with Crippen LogP contribution in [0, 0.1) is 11.6 Å². The highest BCUT2D eigenvalue weighted by atomic mass is 19.1. The largest absolute Gasteiger partial charge is 0.384 e. The lowest BCUT2D eigenvalue weighted by Crippen LogP contribution is -2.03. The number of benzene rings is 2. The summed E-state index contributed by atoms with van der Waals surface area (Å²) in [5.41, 5.74) is 1.98. The second-order valence-corrected chi connectivity index (χ2v) is 5.01. The van der Waals surface area contributed by atoms with Crippen LogP contribution in [0.2, 0.25) is 0 Å². The maximum atomic E-state index is 13.6. The van der Waals surface area contributed by atoms with E-state index >= 15 is 0 Å². The Morgan fingerprint density at radius 2 is 1.68 bits per heavy atom. The fraction of sp³-hybridized carbons (Fsp3) is 0.250. The van der Waals surface area contributed by atoms with E-state index in [0.29, 0.717) is 11.5 Å². The summed E-state index contributed by atoms with van der Waals surface area (Å²) >= 11 is 0. The summed E-state index contributed by atoms with van der Waals surface area (Å²) in [5, 5.41) is 10.1. The van der Waals surface area contributed by atoms with E-state index in [-0.39, 0.29) is 5.56 Å². The molecule has 2 aromatic rings. The minimum Gasteiger partial charge on any atom is -0.384 e. The number of halogens is 2. The molecule has 0 saturated heterocycles. The molecule has 1 saturated carbocycles. The monoisotopic (exact) mass is 260 g/mol. The highest BCUT2D eigenvalue weighted by Crippen LogP contribution is 2.40. The summed E-state index contributed by atoms with van der Waals surface area (Å²) in [6, 6.07) is 10.8. The molecule has 98 valence electrons. The Bertz CT molecular complexity index is 588. The minimum absolute atomic E-state index is 0.0978. The fourth-order valence-electron chi connectivity index (χ4n) is 2.27. The predicted molar refractivity (Wildman–Crippen MR) is 68.8 cm³/mol. The molecule has 0 aliphatic heterocycles. The second-order valence-electron chi connectivity index (χ2n) is 5.01.